The zero-order valence-electron chi connectivity index (χ0n) is 12.6. The quantitative estimate of drug-likeness (QED) is 0.482. The molecule has 0 nitrogen and oxygen atoms in total. The van der Waals surface area contributed by atoms with Gasteiger partial charge in [0.1, 0.15) is 0 Å². The van der Waals surface area contributed by atoms with E-state index in [0.29, 0.717) is 0 Å². The van der Waals surface area contributed by atoms with E-state index < -0.39 is 16.2 Å². The van der Waals surface area contributed by atoms with Crippen LogP contribution in [0.15, 0.2) is 0 Å². The molecule has 0 heterocycles. The van der Waals surface area contributed by atoms with Crippen LogP contribution in [0.4, 0.5) is 0 Å². The minimum atomic E-state index is -0.890. The summed E-state index contributed by atoms with van der Waals surface area (Å²) >= 11 is -0.890. The molecule has 16 heavy (non-hydrogen) atoms. The third-order valence-corrected chi connectivity index (χ3v) is 10.7. The molecule has 0 aromatic carbocycles. The maximum absolute atomic E-state index is 2.38. The van der Waals surface area contributed by atoms with Crippen LogP contribution in [0.5, 0.6) is 0 Å². The Hall–Kier alpha value is 0.636. The molecule has 0 N–H and O–H groups in total. The van der Waals surface area contributed by atoms with Crippen LogP contribution in [0.2, 0.25) is 14.9 Å². The van der Waals surface area contributed by atoms with E-state index in [0.717, 1.165) is 17.8 Å². The fourth-order valence-electron chi connectivity index (χ4n) is 2.14. The SMILES string of the molecule is CC(C)C[CH2][Ga]([CH2]CC(C)C)[CH2]CC(C)C. The summed E-state index contributed by atoms with van der Waals surface area (Å²) in [5.74, 6) is 2.77. The predicted octanol–water partition coefficient (Wildman–Crippen LogP) is 5.62. The fourth-order valence-corrected chi connectivity index (χ4v) is 11.1. The van der Waals surface area contributed by atoms with Gasteiger partial charge in [-0.2, -0.15) is 0 Å². The summed E-state index contributed by atoms with van der Waals surface area (Å²) < 4.78 is 0. The molecule has 0 aromatic heterocycles. The Morgan fingerprint density at radius 3 is 1.00 bits per heavy atom. The molecule has 0 unspecified atom stereocenters. The van der Waals surface area contributed by atoms with Crippen molar-refractivity contribution in [1.29, 1.82) is 0 Å². The molecule has 0 aliphatic carbocycles. The van der Waals surface area contributed by atoms with Gasteiger partial charge in [-0.05, 0) is 0 Å². The first kappa shape index (κ1) is 16.6. The summed E-state index contributed by atoms with van der Waals surface area (Å²) in [6, 6.07) is 0. The Morgan fingerprint density at radius 2 is 0.812 bits per heavy atom. The maximum atomic E-state index is 2.38. The van der Waals surface area contributed by atoms with Crippen molar-refractivity contribution >= 4 is 16.2 Å². The zero-order valence-corrected chi connectivity index (χ0v) is 15.0. The van der Waals surface area contributed by atoms with Gasteiger partial charge in [0.25, 0.3) is 0 Å². The predicted molar refractivity (Wildman–Crippen MR) is 78.5 cm³/mol. The molecule has 0 atom stereocenters. The van der Waals surface area contributed by atoms with Crippen molar-refractivity contribution in [3.8, 4) is 0 Å². The summed E-state index contributed by atoms with van der Waals surface area (Å²) in [6.45, 7) is 14.3. The molecule has 0 fully saturated rings. The van der Waals surface area contributed by atoms with Gasteiger partial charge in [-0.1, -0.05) is 0 Å². The zero-order chi connectivity index (χ0) is 12.6. The summed E-state index contributed by atoms with van der Waals surface area (Å²) in [6.07, 6.45) is 4.50. The first-order valence-electron chi connectivity index (χ1n) is 7.41. The third-order valence-electron chi connectivity index (χ3n) is 3.46. The van der Waals surface area contributed by atoms with E-state index >= 15 is 0 Å². The van der Waals surface area contributed by atoms with Gasteiger partial charge in [-0.25, -0.2) is 0 Å². The molecule has 0 aliphatic rings. The van der Waals surface area contributed by atoms with E-state index in [1.165, 1.54) is 19.3 Å². The van der Waals surface area contributed by atoms with Crippen molar-refractivity contribution in [1.82, 2.24) is 0 Å². The Bertz CT molecular complexity index is 121. The monoisotopic (exact) mass is 282 g/mol. The molecule has 0 saturated carbocycles. The Morgan fingerprint density at radius 1 is 0.562 bits per heavy atom. The van der Waals surface area contributed by atoms with Crippen LogP contribution in [0.1, 0.15) is 60.8 Å². The van der Waals surface area contributed by atoms with E-state index in [2.05, 4.69) is 41.5 Å². The van der Waals surface area contributed by atoms with Gasteiger partial charge in [-0.3, -0.25) is 0 Å². The third kappa shape index (κ3) is 11.1. The summed E-state index contributed by atoms with van der Waals surface area (Å²) in [5, 5.41) is 0. The van der Waals surface area contributed by atoms with Crippen molar-refractivity contribution in [2.75, 3.05) is 0 Å². The summed E-state index contributed by atoms with van der Waals surface area (Å²) in [4.78, 5) is 4.93. The molecule has 0 rings (SSSR count). The Labute approximate surface area is 110 Å². The molecule has 96 valence electrons. The van der Waals surface area contributed by atoms with Gasteiger partial charge < -0.3 is 0 Å². The first-order chi connectivity index (χ1) is 7.41. The van der Waals surface area contributed by atoms with Gasteiger partial charge in [-0.15, -0.1) is 0 Å². The molecule has 1 heteroatoms. The van der Waals surface area contributed by atoms with Gasteiger partial charge in [0, 0.05) is 0 Å². The van der Waals surface area contributed by atoms with Crippen molar-refractivity contribution in [2.24, 2.45) is 17.8 Å². The molecular formula is C15H33Ga. The molecule has 0 saturated heterocycles. The van der Waals surface area contributed by atoms with E-state index in [4.69, 9.17) is 0 Å². The second kappa shape index (κ2) is 9.64. The van der Waals surface area contributed by atoms with Gasteiger partial charge in [0.15, 0.2) is 0 Å². The Balaban J connectivity index is 3.85. The van der Waals surface area contributed by atoms with Crippen LogP contribution in [0, 0.1) is 17.8 Å². The minimum absolute atomic E-state index is 0.890. The average Bonchev–Trinajstić information content (AvgIpc) is 2.15. The van der Waals surface area contributed by atoms with Crippen molar-refractivity contribution in [3.05, 3.63) is 0 Å². The molecule has 0 aliphatic heterocycles. The number of hydrogen-bond donors (Lipinski definition) is 0. The Kier molecular flexibility index (Phi) is 10.0. The molecule has 0 amide bonds. The molecule has 0 spiro atoms. The van der Waals surface area contributed by atoms with Crippen LogP contribution in [-0.2, 0) is 0 Å². The van der Waals surface area contributed by atoms with E-state index in [1.807, 2.05) is 0 Å². The van der Waals surface area contributed by atoms with Gasteiger partial charge in [0.05, 0.1) is 0 Å². The topological polar surface area (TPSA) is 0 Å². The second-order valence-electron chi connectivity index (χ2n) is 6.78. The van der Waals surface area contributed by atoms with Crippen LogP contribution >= 0.6 is 0 Å². The van der Waals surface area contributed by atoms with Gasteiger partial charge in [0.2, 0.25) is 0 Å². The molecule has 0 bridgehead atoms. The van der Waals surface area contributed by atoms with Crippen molar-refractivity contribution < 1.29 is 0 Å². The standard InChI is InChI=1S/3C5H11.Ga/c3*1-4-5(2)3;/h3*5H,1,4H2,2-3H3;. The second-order valence-corrected chi connectivity index (χ2v) is 14.0. The molecular weight excluding hydrogens is 250 g/mol. The van der Waals surface area contributed by atoms with E-state index in [9.17, 15) is 0 Å². The van der Waals surface area contributed by atoms with Crippen molar-refractivity contribution in [3.63, 3.8) is 0 Å². The summed E-state index contributed by atoms with van der Waals surface area (Å²) in [5.41, 5.74) is 0. The number of rotatable bonds is 9. The van der Waals surface area contributed by atoms with E-state index in [-0.39, 0.29) is 0 Å². The van der Waals surface area contributed by atoms with Crippen LogP contribution in [0.25, 0.3) is 0 Å². The number of hydrogen-bond acceptors (Lipinski definition) is 0. The van der Waals surface area contributed by atoms with Crippen LogP contribution in [0.3, 0.4) is 0 Å². The van der Waals surface area contributed by atoms with Crippen LogP contribution in [-0.4, -0.2) is 16.2 Å². The summed E-state index contributed by atoms with van der Waals surface area (Å²) in [7, 11) is 0. The van der Waals surface area contributed by atoms with E-state index in [1.54, 1.807) is 14.9 Å². The van der Waals surface area contributed by atoms with Gasteiger partial charge >= 0.3 is 110 Å². The van der Waals surface area contributed by atoms with Crippen molar-refractivity contribution in [2.45, 2.75) is 75.7 Å². The molecule has 0 radical (unpaired) electrons. The van der Waals surface area contributed by atoms with Crippen LogP contribution < -0.4 is 0 Å². The fraction of sp³-hybridized carbons (Fsp3) is 1.00. The normalized spacial score (nSPS) is 11.8. The first-order valence-corrected chi connectivity index (χ1v) is 12.6. The molecule has 0 aromatic rings. The average molecular weight is 283 g/mol.